The van der Waals surface area contributed by atoms with Crippen molar-refractivity contribution in [2.45, 2.75) is 19.3 Å². The Morgan fingerprint density at radius 1 is 1.05 bits per heavy atom. The Hall–Kier alpha value is -1.84. The minimum Gasteiger partial charge on any atom is -0.368 e. The van der Waals surface area contributed by atoms with E-state index in [1.807, 2.05) is 4.90 Å². The van der Waals surface area contributed by atoms with Gasteiger partial charge in [0.2, 0.25) is 5.91 Å². The molecular weight excluding hydrogens is 267 g/mol. The van der Waals surface area contributed by atoms with Crippen LogP contribution in [0, 0.1) is 11.7 Å². The van der Waals surface area contributed by atoms with Crippen molar-refractivity contribution in [2.75, 3.05) is 31.1 Å². The van der Waals surface area contributed by atoms with Gasteiger partial charge in [0.05, 0.1) is 0 Å². The molecule has 1 heterocycles. The van der Waals surface area contributed by atoms with Gasteiger partial charge in [-0.15, -0.1) is 0 Å². The molecule has 1 aromatic carbocycles. The van der Waals surface area contributed by atoms with Crippen LogP contribution in [0.3, 0.4) is 0 Å². The predicted octanol–water partition coefficient (Wildman–Crippen LogP) is 2.83. The Kier molecular flexibility index (Phi) is 4.23. The lowest BCUT2D eigenvalue weighted by atomic mass is 9.93. The predicted molar refractivity (Wildman–Crippen MR) is 81.7 cm³/mol. The van der Waals surface area contributed by atoms with E-state index < -0.39 is 0 Å². The van der Waals surface area contributed by atoms with E-state index >= 15 is 0 Å². The van der Waals surface area contributed by atoms with Gasteiger partial charge in [-0.25, -0.2) is 4.39 Å². The molecule has 4 heteroatoms. The van der Waals surface area contributed by atoms with Crippen LogP contribution in [0.15, 0.2) is 36.4 Å². The van der Waals surface area contributed by atoms with Crippen LogP contribution in [-0.4, -0.2) is 37.0 Å². The molecule has 1 fully saturated rings. The summed E-state index contributed by atoms with van der Waals surface area (Å²) in [5, 5.41) is 0. The number of anilines is 1. The summed E-state index contributed by atoms with van der Waals surface area (Å²) in [6.07, 6.45) is 7.17. The molecule has 0 aromatic heterocycles. The molecule has 21 heavy (non-hydrogen) atoms. The molecule has 1 aromatic rings. The van der Waals surface area contributed by atoms with E-state index in [1.54, 1.807) is 12.1 Å². The number of rotatable bonds is 2. The van der Waals surface area contributed by atoms with Gasteiger partial charge in [0, 0.05) is 37.8 Å². The number of benzene rings is 1. The van der Waals surface area contributed by atoms with Crippen molar-refractivity contribution in [1.82, 2.24) is 4.90 Å². The van der Waals surface area contributed by atoms with Gasteiger partial charge in [-0.05, 0) is 43.5 Å². The molecule has 0 spiro atoms. The summed E-state index contributed by atoms with van der Waals surface area (Å²) >= 11 is 0. The van der Waals surface area contributed by atoms with Crippen LogP contribution in [-0.2, 0) is 4.79 Å². The Balaban J connectivity index is 1.56. The molecule has 0 N–H and O–H groups in total. The SMILES string of the molecule is O=C(C1CC=CCC1)N1CCN(c2ccc(F)cc2)CC1. The number of hydrogen-bond acceptors (Lipinski definition) is 2. The Labute approximate surface area is 125 Å². The van der Waals surface area contributed by atoms with Crippen molar-refractivity contribution < 1.29 is 9.18 Å². The highest BCUT2D eigenvalue weighted by molar-refractivity contribution is 5.79. The van der Waals surface area contributed by atoms with Gasteiger partial charge in [-0.1, -0.05) is 12.2 Å². The lowest BCUT2D eigenvalue weighted by molar-refractivity contribution is -0.136. The Morgan fingerprint density at radius 2 is 1.76 bits per heavy atom. The van der Waals surface area contributed by atoms with Crippen LogP contribution in [0.5, 0.6) is 0 Å². The minimum absolute atomic E-state index is 0.173. The highest BCUT2D eigenvalue weighted by atomic mass is 19.1. The standard InChI is InChI=1S/C17H21FN2O/c18-15-6-8-16(9-7-15)19-10-12-20(13-11-19)17(21)14-4-2-1-3-5-14/h1-2,6-9,14H,3-5,10-13H2. The maximum atomic E-state index is 13.0. The number of carbonyl (C=O) groups is 1. The fourth-order valence-electron chi connectivity index (χ4n) is 3.11. The van der Waals surface area contributed by atoms with E-state index in [-0.39, 0.29) is 11.7 Å². The molecule has 1 aliphatic carbocycles. The highest BCUT2D eigenvalue weighted by Crippen LogP contribution is 2.22. The van der Waals surface area contributed by atoms with Crippen molar-refractivity contribution in [1.29, 1.82) is 0 Å². The number of nitrogens with zero attached hydrogens (tertiary/aromatic N) is 2. The van der Waals surface area contributed by atoms with Crippen LogP contribution >= 0.6 is 0 Å². The largest absolute Gasteiger partial charge is 0.368 e. The van der Waals surface area contributed by atoms with Crippen LogP contribution in [0.4, 0.5) is 10.1 Å². The molecule has 1 atom stereocenters. The lowest BCUT2D eigenvalue weighted by Crippen LogP contribution is -2.50. The van der Waals surface area contributed by atoms with E-state index in [0.717, 1.165) is 51.1 Å². The number of allylic oxidation sites excluding steroid dienone is 2. The molecule has 0 saturated carbocycles. The Morgan fingerprint density at radius 3 is 2.38 bits per heavy atom. The maximum absolute atomic E-state index is 13.0. The van der Waals surface area contributed by atoms with E-state index in [9.17, 15) is 9.18 Å². The fourth-order valence-corrected chi connectivity index (χ4v) is 3.11. The third-order valence-electron chi connectivity index (χ3n) is 4.40. The van der Waals surface area contributed by atoms with Gasteiger partial charge in [0.15, 0.2) is 0 Å². The highest BCUT2D eigenvalue weighted by Gasteiger charge is 2.27. The molecular formula is C17H21FN2O. The van der Waals surface area contributed by atoms with Crippen molar-refractivity contribution in [2.24, 2.45) is 5.92 Å². The normalized spacial score (nSPS) is 22.4. The number of halogens is 1. The zero-order chi connectivity index (χ0) is 14.7. The van der Waals surface area contributed by atoms with E-state index in [0.29, 0.717) is 5.91 Å². The second kappa shape index (κ2) is 6.29. The van der Waals surface area contributed by atoms with Gasteiger partial charge in [-0.2, -0.15) is 0 Å². The van der Waals surface area contributed by atoms with Crippen molar-refractivity contribution >= 4 is 11.6 Å². The van der Waals surface area contributed by atoms with E-state index in [2.05, 4.69) is 17.1 Å². The zero-order valence-corrected chi connectivity index (χ0v) is 12.2. The summed E-state index contributed by atoms with van der Waals surface area (Å²) in [6, 6.07) is 6.58. The van der Waals surface area contributed by atoms with Crippen LogP contribution in [0.2, 0.25) is 0 Å². The van der Waals surface area contributed by atoms with Crippen molar-refractivity contribution in [3.63, 3.8) is 0 Å². The van der Waals surface area contributed by atoms with Gasteiger partial charge in [0.25, 0.3) is 0 Å². The molecule has 3 rings (SSSR count). The lowest BCUT2D eigenvalue weighted by Gasteiger charge is -2.37. The molecule has 0 bridgehead atoms. The topological polar surface area (TPSA) is 23.6 Å². The smallest absolute Gasteiger partial charge is 0.226 e. The summed E-state index contributed by atoms with van der Waals surface area (Å²) < 4.78 is 13.0. The third-order valence-corrected chi connectivity index (χ3v) is 4.40. The number of carbonyl (C=O) groups excluding carboxylic acids is 1. The molecule has 1 unspecified atom stereocenters. The van der Waals surface area contributed by atoms with Gasteiger partial charge < -0.3 is 9.80 Å². The minimum atomic E-state index is -0.210. The molecule has 1 aliphatic heterocycles. The fraction of sp³-hybridized carbons (Fsp3) is 0.471. The third kappa shape index (κ3) is 3.26. The van der Waals surface area contributed by atoms with Gasteiger partial charge >= 0.3 is 0 Å². The average molecular weight is 288 g/mol. The first kappa shape index (κ1) is 14.1. The summed E-state index contributed by atoms with van der Waals surface area (Å²) in [4.78, 5) is 16.7. The molecule has 112 valence electrons. The van der Waals surface area contributed by atoms with Crippen molar-refractivity contribution in [3.8, 4) is 0 Å². The zero-order valence-electron chi connectivity index (χ0n) is 12.2. The number of hydrogen-bond donors (Lipinski definition) is 0. The first-order valence-electron chi connectivity index (χ1n) is 7.68. The maximum Gasteiger partial charge on any atom is 0.226 e. The van der Waals surface area contributed by atoms with Gasteiger partial charge in [-0.3, -0.25) is 4.79 Å². The molecule has 2 aliphatic rings. The van der Waals surface area contributed by atoms with Crippen LogP contribution < -0.4 is 4.90 Å². The van der Waals surface area contributed by atoms with E-state index in [4.69, 9.17) is 0 Å². The summed E-state index contributed by atoms with van der Waals surface area (Å²) in [7, 11) is 0. The first-order valence-corrected chi connectivity index (χ1v) is 7.68. The molecule has 3 nitrogen and oxygen atoms in total. The first-order chi connectivity index (χ1) is 10.2. The molecule has 1 saturated heterocycles. The quantitative estimate of drug-likeness (QED) is 0.781. The summed E-state index contributed by atoms with van der Waals surface area (Å²) in [6.45, 7) is 3.16. The second-order valence-electron chi connectivity index (χ2n) is 5.77. The van der Waals surface area contributed by atoms with E-state index in [1.165, 1.54) is 12.1 Å². The number of amides is 1. The molecule has 0 radical (unpaired) electrons. The van der Waals surface area contributed by atoms with Crippen LogP contribution in [0.25, 0.3) is 0 Å². The summed E-state index contributed by atoms with van der Waals surface area (Å²) in [5.74, 6) is 0.267. The molecule has 1 amide bonds. The number of piperazine rings is 1. The van der Waals surface area contributed by atoms with Gasteiger partial charge in [0.1, 0.15) is 5.82 Å². The van der Waals surface area contributed by atoms with Crippen LogP contribution in [0.1, 0.15) is 19.3 Å². The average Bonchev–Trinajstić information content (AvgIpc) is 2.56. The Bertz CT molecular complexity index is 518. The van der Waals surface area contributed by atoms with Crippen molar-refractivity contribution in [3.05, 3.63) is 42.2 Å². The monoisotopic (exact) mass is 288 g/mol. The second-order valence-corrected chi connectivity index (χ2v) is 5.77. The summed E-state index contributed by atoms with van der Waals surface area (Å²) in [5.41, 5.74) is 1.03.